The number of carbonyl (C=O) groups is 1. The maximum Gasteiger partial charge on any atom is 0.268 e. The maximum atomic E-state index is 14.0. The Kier molecular flexibility index (Phi) is 5.42. The first-order valence-electron chi connectivity index (χ1n) is 8.19. The maximum absolute atomic E-state index is 14.0. The van der Waals surface area contributed by atoms with Gasteiger partial charge in [0.15, 0.2) is 0 Å². The molecule has 1 heterocycles. The van der Waals surface area contributed by atoms with E-state index in [1.807, 2.05) is 39.2 Å². The Balaban J connectivity index is 2.53. The van der Waals surface area contributed by atoms with Gasteiger partial charge in [0.05, 0.1) is 6.54 Å². The molecule has 0 aliphatic heterocycles. The smallest absolute Gasteiger partial charge is 0.268 e. The van der Waals surface area contributed by atoms with Crippen molar-refractivity contribution < 1.29 is 13.6 Å². The fourth-order valence-electron chi connectivity index (χ4n) is 3.11. The zero-order valence-corrected chi connectivity index (χ0v) is 14.8. The summed E-state index contributed by atoms with van der Waals surface area (Å²) < 4.78 is 29.0. The van der Waals surface area contributed by atoms with Crippen LogP contribution in [0.3, 0.4) is 0 Å². The molecule has 0 unspecified atom stereocenters. The summed E-state index contributed by atoms with van der Waals surface area (Å²) in [5.41, 5.74) is 3.84. The van der Waals surface area contributed by atoms with Crippen molar-refractivity contribution >= 4 is 5.91 Å². The summed E-state index contributed by atoms with van der Waals surface area (Å²) in [7, 11) is 0. The molecule has 0 radical (unpaired) electrons. The third-order valence-corrected chi connectivity index (χ3v) is 4.25. The van der Waals surface area contributed by atoms with Crippen LogP contribution in [0.15, 0.2) is 18.2 Å². The first-order chi connectivity index (χ1) is 11.3. The average molecular weight is 334 g/mol. The summed E-state index contributed by atoms with van der Waals surface area (Å²) in [4.78, 5) is 12.6. The molecule has 0 spiro atoms. The fourth-order valence-corrected chi connectivity index (χ4v) is 3.11. The van der Waals surface area contributed by atoms with E-state index >= 15 is 0 Å². The van der Waals surface area contributed by atoms with Crippen LogP contribution < -0.4 is 5.32 Å². The number of carbonyl (C=O) groups excluding carboxylic acids is 1. The Labute approximate surface area is 141 Å². The minimum absolute atomic E-state index is 0.00758. The normalized spacial score (nSPS) is 11.2. The molecule has 1 aromatic heterocycles. The molecule has 0 aliphatic rings. The Bertz CT molecular complexity index is 763. The molecule has 0 aliphatic carbocycles. The van der Waals surface area contributed by atoms with Crippen LogP contribution in [0.1, 0.15) is 53.6 Å². The molecule has 3 nitrogen and oxygen atoms in total. The standard InChI is InChI=1S/C19H24F2N2O/c1-6-16-12(4)18(19(24)22-11(2)3)23(13(16)5)10-14-7-8-15(20)9-17(14)21/h7-9,11H,6,10H2,1-5H3,(H,22,24). The lowest BCUT2D eigenvalue weighted by Gasteiger charge is -2.15. The predicted molar refractivity (Wildman–Crippen MR) is 91.3 cm³/mol. The van der Waals surface area contributed by atoms with E-state index in [1.165, 1.54) is 12.1 Å². The highest BCUT2D eigenvalue weighted by molar-refractivity contribution is 5.95. The quantitative estimate of drug-likeness (QED) is 0.876. The lowest BCUT2D eigenvalue weighted by Crippen LogP contribution is -2.32. The molecule has 0 fully saturated rings. The SMILES string of the molecule is CCc1c(C)c(C(=O)NC(C)C)n(Cc2ccc(F)cc2F)c1C. The van der Waals surface area contributed by atoms with E-state index in [0.29, 0.717) is 11.3 Å². The average Bonchev–Trinajstić information content (AvgIpc) is 2.71. The van der Waals surface area contributed by atoms with Gasteiger partial charge in [-0.3, -0.25) is 4.79 Å². The number of aromatic nitrogens is 1. The van der Waals surface area contributed by atoms with Gasteiger partial charge in [-0.15, -0.1) is 0 Å². The zero-order chi connectivity index (χ0) is 18.0. The monoisotopic (exact) mass is 334 g/mol. The summed E-state index contributed by atoms with van der Waals surface area (Å²) >= 11 is 0. The van der Waals surface area contributed by atoms with E-state index in [-0.39, 0.29) is 18.5 Å². The second kappa shape index (κ2) is 7.16. The van der Waals surface area contributed by atoms with Crippen LogP contribution in [0.25, 0.3) is 0 Å². The topological polar surface area (TPSA) is 34.0 Å². The summed E-state index contributed by atoms with van der Waals surface area (Å²) in [5, 5.41) is 2.90. The zero-order valence-electron chi connectivity index (χ0n) is 14.8. The van der Waals surface area contributed by atoms with Crippen molar-refractivity contribution in [1.29, 1.82) is 0 Å². The van der Waals surface area contributed by atoms with Crippen LogP contribution >= 0.6 is 0 Å². The van der Waals surface area contributed by atoms with E-state index in [1.54, 1.807) is 0 Å². The van der Waals surface area contributed by atoms with Crippen molar-refractivity contribution in [2.75, 3.05) is 0 Å². The molecule has 2 rings (SSSR count). The minimum Gasteiger partial charge on any atom is -0.349 e. The Hall–Kier alpha value is -2.17. The van der Waals surface area contributed by atoms with Crippen LogP contribution in [0.5, 0.6) is 0 Å². The highest BCUT2D eigenvalue weighted by atomic mass is 19.1. The molecular weight excluding hydrogens is 310 g/mol. The lowest BCUT2D eigenvalue weighted by atomic mass is 10.1. The largest absolute Gasteiger partial charge is 0.349 e. The molecule has 0 saturated heterocycles. The molecule has 130 valence electrons. The summed E-state index contributed by atoms with van der Waals surface area (Å²) in [6.45, 7) is 9.86. The van der Waals surface area contributed by atoms with Crippen molar-refractivity contribution in [3.05, 3.63) is 57.9 Å². The minimum atomic E-state index is -0.608. The first kappa shape index (κ1) is 18.2. The van der Waals surface area contributed by atoms with E-state index in [0.717, 1.165) is 29.3 Å². The van der Waals surface area contributed by atoms with Crippen molar-refractivity contribution in [2.45, 2.75) is 53.6 Å². The molecule has 1 amide bonds. The van der Waals surface area contributed by atoms with Crippen LogP contribution in [-0.2, 0) is 13.0 Å². The molecule has 2 aromatic rings. The van der Waals surface area contributed by atoms with Gasteiger partial charge in [0.2, 0.25) is 0 Å². The van der Waals surface area contributed by atoms with Gasteiger partial charge >= 0.3 is 0 Å². The number of hydrogen-bond donors (Lipinski definition) is 1. The van der Waals surface area contributed by atoms with Crippen LogP contribution in [0.2, 0.25) is 0 Å². The van der Waals surface area contributed by atoms with Gasteiger partial charge in [0.1, 0.15) is 17.3 Å². The molecule has 1 aromatic carbocycles. The molecule has 0 saturated carbocycles. The van der Waals surface area contributed by atoms with Gasteiger partial charge in [0, 0.05) is 23.4 Å². The van der Waals surface area contributed by atoms with Gasteiger partial charge < -0.3 is 9.88 Å². The summed E-state index contributed by atoms with van der Waals surface area (Å²) in [5.74, 6) is -1.38. The molecule has 24 heavy (non-hydrogen) atoms. The van der Waals surface area contributed by atoms with Crippen molar-refractivity contribution in [3.8, 4) is 0 Å². The third-order valence-electron chi connectivity index (χ3n) is 4.25. The lowest BCUT2D eigenvalue weighted by molar-refractivity contribution is 0.0933. The number of benzene rings is 1. The fraction of sp³-hybridized carbons (Fsp3) is 0.421. The predicted octanol–water partition coefficient (Wildman–Crippen LogP) is 4.13. The van der Waals surface area contributed by atoms with Gasteiger partial charge in [-0.2, -0.15) is 0 Å². The number of nitrogens with zero attached hydrogens (tertiary/aromatic N) is 1. The molecule has 1 N–H and O–H groups in total. The van der Waals surface area contributed by atoms with Gasteiger partial charge in [0.25, 0.3) is 5.91 Å². The number of amides is 1. The number of nitrogens with one attached hydrogen (secondary N) is 1. The van der Waals surface area contributed by atoms with E-state index in [2.05, 4.69) is 5.32 Å². The highest BCUT2D eigenvalue weighted by Gasteiger charge is 2.23. The Morgan fingerprint density at radius 3 is 2.46 bits per heavy atom. The second-order valence-electron chi connectivity index (χ2n) is 6.34. The van der Waals surface area contributed by atoms with Crippen molar-refractivity contribution in [1.82, 2.24) is 9.88 Å². The van der Waals surface area contributed by atoms with E-state index in [9.17, 15) is 13.6 Å². The van der Waals surface area contributed by atoms with Crippen LogP contribution in [0, 0.1) is 25.5 Å². The molecule has 0 bridgehead atoms. The van der Waals surface area contributed by atoms with Crippen LogP contribution in [-0.4, -0.2) is 16.5 Å². The first-order valence-corrected chi connectivity index (χ1v) is 8.19. The summed E-state index contributed by atoms with van der Waals surface area (Å²) in [6, 6.07) is 3.54. The Morgan fingerprint density at radius 1 is 1.25 bits per heavy atom. The molecule has 0 atom stereocenters. The van der Waals surface area contributed by atoms with E-state index in [4.69, 9.17) is 0 Å². The summed E-state index contributed by atoms with van der Waals surface area (Å²) in [6.07, 6.45) is 0.790. The van der Waals surface area contributed by atoms with Crippen LogP contribution in [0.4, 0.5) is 8.78 Å². The van der Waals surface area contributed by atoms with Gasteiger partial charge in [-0.05, 0) is 51.3 Å². The third kappa shape index (κ3) is 3.50. The molecule has 5 heteroatoms. The van der Waals surface area contributed by atoms with Crippen molar-refractivity contribution in [3.63, 3.8) is 0 Å². The number of hydrogen-bond acceptors (Lipinski definition) is 1. The van der Waals surface area contributed by atoms with E-state index < -0.39 is 11.6 Å². The highest BCUT2D eigenvalue weighted by Crippen LogP contribution is 2.25. The van der Waals surface area contributed by atoms with Gasteiger partial charge in [-0.1, -0.05) is 13.0 Å². The number of halogens is 2. The molecular formula is C19H24F2N2O. The van der Waals surface area contributed by atoms with Gasteiger partial charge in [-0.25, -0.2) is 8.78 Å². The second-order valence-corrected chi connectivity index (χ2v) is 6.34. The Morgan fingerprint density at radius 2 is 1.92 bits per heavy atom. The number of rotatable bonds is 5. The van der Waals surface area contributed by atoms with Crippen molar-refractivity contribution in [2.24, 2.45) is 0 Å².